The summed E-state index contributed by atoms with van der Waals surface area (Å²) in [4.78, 5) is 0. The summed E-state index contributed by atoms with van der Waals surface area (Å²) < 4.78 is 126. The average Bonchev–Trinajstić information content (AvgIpc) is 3.70. The first-order valence-electron chi connectivity index (χ1n) is 17.6. The predicted molar refractivity (Wildman–Crippen MR) is 149 cm³/mol. The van der Waals surface area contributed by atoms with E-state index >= 15 is 0 Å². The Kier molecular flexibility index (Phi) is 2.21. The lowest BCUT2D eigenvalue weighted by Gasteiger charge is -2.16. The van der Waals surface area contributed by atoms with Gasteiger partial charge in [0.25, 0.3) is 0 Å². The maximum atomic E-state index is 9.09. The van der Waals surface area contributed by atoms with E-state index in [-0.39, 0.29) is 38.4 Å². The molecule has 2 heterocycles. The molecule has 2 aromatic heterocycles. The van der Waals surface area contributed by atoms with Crippen LogP contribution in [-0.2, 0) is 0 Å². The molecular weight excluding hydrogens is 440 g/mol. The van der Waals surface area contributed by atoms with Crippen LogP contribution in [0.5, 0.6) is 0 Å². The number of fused-ring (bicyclic) bond motifs is 7. The predicted octanol–water partition coefficient (Wildman–Crippen LogP) is 9.97. The van der Waals surface area contributed by atoms with E-state index in [2.05, 4.69) is 0 Å². The lowest BCUT2D eigenvalue weighted by atomic mass is 9.87. The molecule has 0 N–H and O–H groups in total. The summed E-state index contributed by atoms with van der Waals surface area (Å²) in [7, 11) is 0. The summed E-state index contributed by atoms with van der Waals surface area (Å²) in [6.45, 7) is 0. The summed E-state index contributed by atoms with van der Waals surface area (Å²) in [6, 6.07) is 3.84. The van der Waals surface area contributed by atoms with Gasteiger partial charge in [0.1, 0.15) is 22.5 Å². The first-order valence-corrected chi connectivity index (χ1v) is 11.1. The quantitative estimate of drug-likeness (QED) is 0.233. The summed E-state index contributed by atoms with van der Waals surface area (Å²) in [5.41, 5.74) is 0.522. The standard InChI is InChI=1S/C34H20O2/c1-2-10-21(11-3-1)32-23-13-4-6-15-25(23)33(26-16-7-5-14-24(26)32)31-20-28-30(35-31)19-18-27-22-12-8-9-17-29(22)36-34(27)28/h1-20H/i1D,2D,3D,4D,5D,6D,7D,10D,11D,13D,14D,15D,16D. The molecule has 0 spiro atoms. The molecule has 0 aliphatic heterocycles. The summed E-state index contributed by atoms with van der Waals surface area (Å²) >= 11 is 0. The monoisotopic (exact) mass is 473 g/mol. The molecule has 0 aliphatic carbocycles. The van der Waals surface area contributed by atoms with Crippen LogP contribution in [0.25, 0.3) is 76.9 Å². The van der Waals surface area contributed by atoms with Crippen molar-refractivity contribution < 1.29 is 26.7 Å². The second-order valence-corrected chi connectivity index (χ2v) is 8.31. The average molecular weight is 474 g/mol. The number of para-hydroxylation sites is 1. The third kappa shape index (κ3) is 2.67. The van der Waals surface area contributed by atoms with Crippen LogP contribution in [0.15, 0.2) is 130 Å². The Labute approximate surface area is 225 Å². The van der Waals surface area contributed by atoms with Gasteiger partial charge in [-0.15, -0.1) is 0 Å². The van der Waals surface area contributed by atoms with Gasteiger partial charge in [0.15, 0.2) is 0 Å². The highest BCUT2D eigenvalue weighted by molar-refractivity contribution is 6.22. The Morgan fingerprint density at radius 1 is 0.472 bits per heavy atom. The zero-order chi connectivity index (χ0) is 35.0. The minimum atomic E-state index is -0.727. The molecule has 8 aromatic rings. The van der Waals surface area contributed by atoms with Crippen LogP contribution >= 0.6 is 0 Å². The van der Waals surface area contributed by atoms with E-state index in [1.54, 1.807) is 12.1 Å². The summed E-state index contributed by atoms with van der Waals surface area (Å²) in [5.74, 6) is 0.000582. The SMILES string of the molecule is [2H]c1c([2H])c([2H])c(-c2c3c([2H])c([2H])c([2H])c([2H])c3c(-c3cc4c(ccc5c6ccccc6oc45)o3)c3c([2H])c([2H])c([2H])c([2H])c23)c([2H])c1[2H]. The van der Waals surface area contributed by atoms with Crippen LogP contribution in [0.2, 0.25) is 0 Å². The third-order valence-electron chi connectivity index (χ3n) is 6.41. The van der Waals surface area contributed by atoms with Crippen molar-refractivity contribution in [2.75, 3.05) is 0 Å². The van der Waals surface area contributed by atoms with Gasteiger partial charge in [-0.2, -0.15) is 0 Å². The van der Waals surface area contributed by atoms with E-state index in [0.717, 1.165) is 10.8 Å². The number of hydrogen-bond donors (Lipinski definition) is 0. The van der Waals surface area contributed by atoms with Gasteiger partial charge in [-0.25, -0.2) is 0 Å². The fourth-order valence-corrected chi connectivity index (χ4v) is 4.92. The van der Waals surface area contributed by atoms with E-state index in [1.807, 2.05) is 30.3 Å². The molecule has 0 saturated heterocycles. The zero-order valence-corrected chi connectivity index (χ0v) is 18.4. The van der Waals surface area contributed by atoms with Crippen molar-refractivity contribution in [3.8, 4) is 22.5 Å². The maximum absolute atomic E-state index is 9.09. The van der Waals surface area contributed by atoms with E-state index in [9.17, 15) is 0 Å². The van der Waals surface area contributed by atoms with Gasteiger partial charge in [-0.1, -0.05) is 96.8 Å². The van der Waals surface area contributed by atoms with Crippen molar-refractivity contribution >= 4 is 54.5 Å². The Bertz CT molecular complexity index is 2710. The highest BCUT2D eigenvalue weighted by Gasteiger charge is 2.20. The van der Waals surface area contributed by atoms with Gasteiger partial charge in [-0.05, 0) is 56.9 Å². The van der Waals surface area contributed by atoms with E-state index in [1.165, 1.54) is 0 Å². The number of rotatable bonds is 2. The Morgan fingerprint density at radius 2 is 1.08 bits per heavy atom. The second kappa shape index (κ2) is 7.34. The normalized spacial score (nSPS) is 16.9. The molecule has 0 saturated carbocycles. The second-order valence-electron chi connectivity index (χ2n) is 8.31. The van der Waals surface area contributed by atoms with Gasteiger partial charge in [0.2, 0.25) is 0 Å². The minimum Gasteiger partial charge on any atom is -0.456 e. The molecule has 8 rings (SSSR count). The topological polar surface area (TPSA) is 26.3 Å². The Hall–Kier alpha value is -4.82. The van der Waals surface area contributed by atoms with E-state index in [0.29, 0.717) is 22.1 Å². The van der Waals surface area contributed by atoms with Crippen LogP contribution in [0.1, 0.15) is 17.8 Å². The van der Waals surface area contributed by atoms with Gasteiger partial charge in [-0.3, -0.25) is 0 Å². The van der Waals surface area contributed by atoms with Crippen molar-refractivity contribution in [2.24, 2.45) is 0 Å². The van der Waals surface area contributed by atoms with Crippen LogP contribution in [-0.4, -0.2) is 0 Å². The van der Waals surface area contributed by atoms with Crippen molar-refractivity contribution in [2.45, 2.75) is 0 Å². The zero-order valence-electron chi connectivity index (χ0n) is 31.4. The van der Waals surface area contributed by atoms with Crippen LogP contribution in [0.3, 0.4) is 0 Å². The fraction of sp³-hybridized carbons (Fsp3) is 0. The molecule has 0 fully saturated rings. The molecule has 6 aromatic carbocycles. The van der Waals surface area contributed by atoms with Gasteiger partial charge >= 0.3 is 0 Å². The number of furan rings is 2. The molecule has 0 amide bonds. The molecule has 0 atom stereocenters. The molecule has 0 bridgehead atoms. The van der Waals surface area contributed by atoms with Gasteiger partial charge in [0, 0.05) is 16.3 Å². The highest BCUT2D eigenvalue weighted by Crippen LogP contribution is 2.45. The van der Waals surface area contributed by atoms with Crippen molar-refractivity contribution in [1.29, 1.82) is 0 Å². The van der Waals surface area contributed by atoms with Crippen LogP contribution < -0.4 is 0 Å². The lowest BCUT2D eigenvalue weighted by molar-refractivity contribution is 0.632. The maximum Gasteiger partial charge on any atom is 0.146 e. The molecule has 2 heteroatoms. The van der Waals surface area contributed by atoms with Gasteiger partial charge < -0.3 is 8.83 Å². The summed E-state index contributed by atoms with van der Waals surface area (Å²) in [5, 5.41) is 1.10. The van der Waals surface area contributed by atoms with E-state index < -0.39 is 84.1 Å². The fourth-order valence-electron chi connectivity index (χ4n) is 4.92. The smallest absolute Gasteiger partial charge is 0.146 e. The first kappa shape index (κ1) is 10.8. The number of benzene rings is 6. The van der Waals surface area contributed by atoms with Gasteiger partial charge in [0.05, 0.1) is 23.2 Å². The largest absolute Gasteiger partial charge is 0.456 e. The minimum absolute atomic E-state index is 0.000582. The lowest BCUT2D eigenvalue weighted by Crippen LogP contribution is -1.89. The van der Waals surface area contributed by atoms with Crippen LogP contribution in [0.4, 0.5) is 0 Å². The third-order valence-corrected chi connectivity index (χ3v) is 6.41. The van der Waals surface area contributed by atoms with Crippen molar-refractivity contribution in [3.05, 3.63) is 121 Å². The highest BCUT2D eigenvalue weighted by atomic mass is 16.3. The molecule has 0 aliphatic rings. The molecule has 0 radical (unpaired) electrons. The molecule has 0 unspecified atom stereocenters. The molecule has 36 heavy (non-hydrogen) atoms. The molecule has 2 nitrogen and oxygen atoms in total. The Morgan fingerprint density at radius 3 is 1.81 bits per heavy atom. The molecular formula is C34H20O2. The van der Waals surface area contributed by atoms with Crippen molar-refractivity contribution in [3.63, 3.8) is 0 Å². The Balaban J connectivity index is 1.67. The molecule has 168 valence electrons. The first-order chi connectivity index (χ1) is 23.3. The van der Waals surface area contributed by atoms with Crippen molar-refractivity contribution in [1.82, 2.24) is 0 Å². The van der Waals surface area contributed by atoms with Crippen LogP contribution in [0, 0.1) is 0 Å². The number of hydrogen-bond acceptors (Lipinski definition) is 2. The summed E-state index contributed by atoms with van der Waals surface area (Å²) in [6.07, 6.45) is 0. The van der Waals surface area contributed by atoms with E-state index in [4.69, 9.17) is 26.7 Å².